The highest BCUT2D eigenvalue weighted by atomic mass is 19.4. The molecule has 20 heavy (non-hydrogen) atoms. The van der Waals surface area contributed by atoms with Gasteiger partial charge in [-0.05, 0) is 42.2 Å². The number of benzene rings is 1. The van der Waals surface area contributed by atoms with Crippen LogP contribution in [0, 0.1) is 0 Å². The summed E-state index contributed by atoms with van der Waals surface area (Å²) in [4.78, 5) is 3.45. The minimum atomic E-state index is -4.38. The van der Waals surface area contributed by atoms with Crippen molar-refractivity contribution < 1.29 is 17.9 Å². The first kappa shape index (κ1) is 14.4. The van der Waals surface area contributed by atoms with Gasteiger partial charge in [0.25, 0.3) is 0 Å². The highest BCUT2D eigenvalue weighted by molar-refractivity contribution is 5.29. The predicted molar refractivity (Wildman–Crippen MR) is 69.6 cm³/mol. The standard InChI is InChI=1S/C15H14F3NO/c1-20-13-4-2-3-11(9-13)5-6-12-7-8-14(19-10-12)15(16,17)18/h2-4,7-10H,5-6H2,1H3. The molecule has 1 heterocycles. The number of rotatable bonds is 4. The van der Waals surface area contributed by atoms with Gasteiger partial charge in [-0.3, -0.25) is 4.98 Å². The summed E-state index contributed by atoms with van der Waals surface area (Å²) in [7, 11) is 1.60. The van der Waals surface area contributed by atoms with Gasteiger partial charge in [0.15, 0.2) is 0 Å². The van der Waals surface area contributed by atoms with Crippen LogP contribution in [0.25, 0.3) is 0 Å². The Kier molecular flexibility index (Phi) is 4.27. The van der Waals surface area contributed by atoms with Crippen molar-refractivity contribution in [2.45, 2.75) is 19.0 Å². The van der Waals surface area contributed by atoms with E-state index in [0.29, 0.717) is 6.42 Å². The van der Waals surface area contributed by atoms with Crippen molar-refractivity contribution in [1.82, 2.24) is 4.98 Å². The van der Waals surface area contributed by atoms with E-state index < -0.39 is 11.9 Å². The first-order chi connectivity index (χ1) is 9.49. The number of nitrogens with zero attached hydrogens (tertiary/aromatic N) is 1. The number of halogens is 3. The predicted octanol–water partition coefficient (Wildman–Crippen LogP) is 3.89. The minimum Gasteiger partial charge on any atom is -0.497 e. The van der Waals surface area contributed by atoms with Gasteiger partial charge in [0.05, 0.1) is 7.11 Å². The van der Waals surface area contributed by atoms with Gasteiger partial charge in [0.1, 0.15) is 11.4 Å². The number of hydrogen-bond acceptors (Lipinski definition) is 2. The third-order valence-corrected chi connectivity index (χ3v) is 2.95. The Morgan fingerprint density at radius 1 is 1.05 bits per heavy atom. The second kappa shape index (κ2) is 5.94. The molecule has 0 aliphatic carbocycles. The van der Waals surface area contributed by atoms with Gasteiger partial charge in [-0.2, -0.15) is 13.2 Å². The van der Waals surface area contributed by atoms with E-state index in [1.807, 2.05) is 24.3 Å². The molecule has 0 N–H and O–H groups in total. The van der Waals surface area contributed by atoms with Crippen molar-refractivity contribution >= 4 is 0 Å². The van der Waals surface area contributed by atoms with Crippen LogP contribution in [-0.4, -0.2) is 12.1 Å². The summed E-state index contributed by atoms with van der Waals surface area (Å²) in [5.41, 5.74) is 0.993. The molecule has 0 unspecified atom stereocenters. The molecule has 0 saturated carbocycles. The van der Waals surface area contributed by atoms with Crippen molar-refractivity contribution in [1.29, 1.82) is 0 Å². The average molecular weight is 281 g/mol. The number of methoxy groups -OCH3 is 1. The van der Waals surface area contributed by atoms with Crippen LogP contribution in [0.2, 0.25) is 0 Å². The molecule has 0 saturated heterocycles. The first-order valence-electron chi connectivity index (χ1n) is 6.14. The van der Waals surface area contributed by atoms with Crippen LogP contribution in [0.3, 0.4) is 0 Å². The summed E-state index contributed by atoms with van der Waals surface area (Å²) in [5.74, 6) is 0.771. The lowest BCUT2D eigenvalue weighted by atomic mass is 10.1. The highest BCUT2D eigenvalue weighted by Crippen LogP contribution is 2.27. The largest absolute Gasteiger partial charge is 0.497 e. The van der Waals surface area contributed by atoms with E-state index in [9.17, 15) is 13.2 Å². The summed E-state index contributed by atoms with van der Waals surface area (Å²) in [6.45, 7) is 0. The van der Waals surface area contributed by atoms with E-state index in [-0.39, 0.29) is 0 Å². The zero-order chi connectivity index (χ0) is 14.6. The summed E-state index contributed by atoms with van der Waals surface area (Å²) >= 11 is 0. The molecule has 106 valence electrons. The lowest BCUT2D eigenvalue weighted by Gasteiger charge is -2.07. The lowest BCUT2D eigenvalue weighted by Crippen LogP contribution is -2.07. The van der Waals surface area contributed by atoms with Crippen LogP contribution >= 0.6 is 0 Å². The van der Waals surface area contributed by atoms with Crippen LogP contribution in [-0.2, 0) is 19.0 Å². The Morgan fingerprint density at radius 3 is 2.40 bits per heavy atom. The summed E-state index contributed by atoms with van der Waals surface area (Å²) in [5, 5.41) is 0. The molecular formula is C15H14F3NO. The fourth-order valence-corrected chi connectivity index (χ4v) is 1.86. The zero-order valence-electron chi connectivity index (χ0n) is 10.9. The molecular weight excluding hydrogens is 267 g/mol. The Morgan fingerprint density at radius 2 is 1.80 bits per heavy atom. The van der Waals surface area contributed by atoms with Crippen LogP contribution < -0.4 is 4.74 Å². The summed E-state index contributed by atoms with van der Waals surface area (Å²) in [6, 6.07) is 10.1. The highest BCUT2D eigenvalue weighted by Gasteiger charge is 2.31. The number of ether oxygens (including phenoxy) is 1. The minimum absolute atomic E-state index is 0.637. The zero-order valence-corrected chi connectivity index (χ0v) is 10.9. The van der Waals surface area contributed by atoms with Crippen LogP contribution in [0.1, 0.15) is 16.8 Å². The fourth-order valence-electron chi connectivity index (χ4n) is 1.86. The maximum absolute atomic E-state index is 12.4. The van der Waals surface area contributed by atoms with Gasteiger partial charge in [-0.15, -0.1) is 0 Å². The van der Waals surface area contributed by atoms with Crippen LogP contribution in [0.5, 0.6) is 5.75 Å². The van der Waals surface area contributed by atoms with Gasteiger partial charge in [0, 0.05) is 6.20 Å². The number of hydrogen-bond donors (Lipinski definition) is 0. The lowest BCUT2D eigenvalue weighted by molar-refractivity contribution is -0.141. The average Bonchev–Trinajstić information content (AvgIpc) is 2.45. The molecule has 0 amide bonds. The van der Waals surface area contributed by atoms with Crippen molar-refractivity contribution in [2.75, 3.05) is 7.11 Å². The SMILES string of the molecule is COc1cccc(CCc2ccc(C(F)(F)F)nc2)c1. The molecule has 0 atom stereocenters. The summed E-state index contributed by atoms with van der Waals surface area (Å²) in [6.07, 6.45) is -1.74. The van der Waals surface area contributed by atoms with Crippen LogP contribution in [0.15, 0.2) is 42.6 Å². The van der Waals surface area contributed by atoms with E-state index >= 15 is 0 Å². The maximum Gasteiger partial charge on any atom is 0.433 e. The number of aromatic nitrogens is 1. The van der Waals surface area contributed by atoms with E-state index in [1.54, 1.807) is 7.11 Å². The van der Waals surface area contributed by atoms with Gasteiger partial charge in [-0.1, -0.05) is 18.2 Å². The number of aryl methyl sites for hydroxylation is 2. The number of alkyl halides is 3. The fraction of sp³-hybridized carbons (Fsp3) is 0.267. The maximum atomic E-state index is 12.4. The van der Waals surface area contributed by atoms with Crippen LogP contribution in [0.4, 0.5) is 13.2 Å². The molecule has 0 spiro atoms. The van der Waals surface area contributed by atoms with Gasteiger partial charge in [-0.25, -0.2) is 0 Å². The van der Waals surface area contributed by atoms with Crippen molar-refractivity contribution in [2.24, 2.45) is 0 Å². The molecule has 2 aromatic rings. The molecule has 5 heteroatoms. The Labute approximate surface area is 115 Å². The molecule has 0 aliphatic rings. The van der Waals surface area contributed by atoms with E-state index in [4.69, 9.17) is 4.74 Å². The molecule has 1 aromatic heterocycles. The van der Waals surface area contributed by atoms with E-state index in [1.165, 1.54) is 12.3 Å². The van der Waals surface area contributed by atoms with E-state index in [0.717, 1.165) is 29.4 Å². The molecule has 0 aliphatic heterocycles. The smallest absolute Gasteiger partial charge is 0.433 e. The second-order valence-electron chi connectivity index (χ2n) is 4.40. The van der Waals surface area contributed by atoms with Crippen molar-refractivity contribution in [3.8, 4) is 5.75 Å². The third-order valence-electron chi connectivity index (χ3n) is 2.95. The molecule has 0 radical (unpaired) electrons. The Balaban J connectivity index is 2.00. The number of pyridine rings is 1. The normalized spacial score (nSPS) is 11.4. The second-order valence-corrected chi connectivity index (χ2v) is 4.40. The quantitative estimate of drug-likeness (QED) is 0.848. The Hall–Kier alpha value is -2.04. The van der Waals surface area contributed by atoms with Crippen molar-refractivity contribution in [3.63, 3.8) is 0 Å². The molecule has 2 nitrogen and oxygen atoms in total. The van der Waals surface area contributed by atoms with Crippen molar-refractivity contribution in [3.05, 3.63) is 59.4 Å². The van der Waals surface area contributed by atoms with Gasteiger partial charge < -0.3 is 4.74 Å². The first-order valence-corrected chi connectivity index (χ1v) is 6.14. The Bertz CT molecular complexity index is 564. The van der Waals surface area contributed by atoms with Gasteiger partial charge in [0.2, 0.25) is 0 Å². The monoisotopic (exact) mass is 281 g/mol. The third kappa shape index (κ3) is 3.73. The van der Waals surface area contributed by atoms with Gasteiger partial charge >= 0.3 is 6.18 Å². The van der Waals surface area contributed by atoms with E-state index in [2.05, 4.69) is 4.98 Å². The molecule has 1 aromatic carbocycles. The topological polar surface area (TPSA) is 22.1 Å². The molecule has 0 bridgehead atoms. The summed E-state index contributed by atoms with van der Waals surface area (Å²) < 4.78 is 42.3. The molecule has 2 rings (SSSR count). The molecule has 0 fully saturated rings.